The molecule has 0 saturated heterocycles. The molecular weight excluding hydrogens is 304 g/mol. The molecule has 1 heterocycles. The van der Waals surface area contributed by atoms with E-state index < -0.39 is 0 Å². The van der Waals surface area contributed by atoms with E-state index in [-0.39, 0.29) is 0 Å². The second-order valence-electron chi connectivity index (χ2n) is 7.34. The highest BCUT2D eigenvalue weighted by Gasteiger charge is 2.21. The summed E-state index contributed by atoms with van der Waals surface area (Å²) in [6.07, 6.45) is 6.59. The molecule has 0 radical (unpaired) electrons. The van der Waals surface area contributed by atoms with E-state index in [9.17, 15) is 0 Å². The summed E-state index contributed by atoms with van der Waals surface area (Å²) >= 11 is 0. The van der Waals surface area contributed by atoms with Crippen LogP contribution in [-0.2, 0) is 0 Å². The van der Waals surface area contributed by atoms with Crippen LogP contribution in [0.5, 0.6) is 0 Å². The van der Waals surface area contributed by atoms with E-state index >= 15 is 0 Å². The molecule has 128 valence electrons. The predicted octanol–water partition coefficient (Wildman–Crippen LogP) is 6.64. The monoisotopic (exact) mass is 330 g/mol. The maximum Gasteiger partial charge on any atom is 0.0726 e. The van der Waals surface area contributed by atoms with E-state index in [4.69, 9.17) is 4.98 Å². The van der Waals surface area contributed by atoms with Gasteiger partial charge in [0.2, 0.25) is 0 Å². The van der Waals surface area contributed by atoms with Gasteiger partial charge in [-0.15, -0.1) is 0 Å². The van der Waals surface area contributed by atoms with Gasteiger partial charge in [0.05, 0.1) is 11.2 Å². The Hall–Kier alpha value is -2.35. The van der Waals surface area contributed by atoms with Gasteiger partial charge in [0.1, 0.15) is 0 Å². The van der Waals surface area contributed by atoms with Crippen LogP contribution in [0.1, 0.15) is 54.8 Å². The summed E-state index contributed by atoms with van der Waals surface area (Å²) < 4.78 is 0. The molecule has 0 amide bonds. The Morgan fingerprint density at radius 2 is 1.60 bits per heavy atom. The fourth-order valence-corrected chi connectivity index (χ4v) is 4.04. The SMILES string of the molecule is Cc1ccc(Nc2c(C)c(C3CCCCC3)nc3ccccc23)cc1. The molecule has 2 nitrogen and oxygen atoms in total. The van der Waals surface area contributed by atoms with Crippen LogP contribution in [0.4, 0.5) is 11.4 Å². The molecule has 2 aromatic carbocycles. The van der Waals surface area contributed by atoms with E-state index in [2.05, 4.69) is 67.7 Å². The number of pyridine rings is 1. The molecule has 0 unspecified atom stereocenters. The zero-order chi connectivity index (χ0) is 17.2. The fraction of sp³-hybridized carbons (Fsp3) is 0.348. The molecule has 3 aromatic rings. The van der Waals surface area contributed by atoms with Crippen LogP contribution in [0.25, 0.3) is 10.9 Å². The summed E-state index contributed by atoms with van der Waals surface area (Å²) in [5.41, 5.74) is 7.35. The summed E-state index contributed by atoms with van der Waals surface area (Å²) in [4.78, 5) is 5.07. The Labute approximate surface area is 150 Å². The first kappa shape index (κ1) is 16.1. The molecule has 1 saturated carbocycles. The average Bonchev–Trinajstić information content (AvgIpc) is 2.66. The van der Waals surface area contributed by atoms with Crippen molar-refractivity contribution in [2.24, 2.45) is 0 Å². The third-order valence-corrected chi connectivity index (χ3v) is 5.49. The highest BCUT2D eigenvalue weighted by molar-refractivity contribution is 5.95. The van der Waals surface area contributed by atoms with Gasteiger partial charge in [0, 0.05) is 22.7 Å². The van der Waals surface area contributed by atoms with Gasteiger partial charge in [-0.05, 0) is 50.5 Å². The molecule has 0 spiro atoms. The van der Waals surface area contributed by atoms with Gasteiger partial charge < -0.3 is 5.32 Å². The first-order valence-corrected chi connectivity index (χ1v) is 9.45. The largest absolute Gasteiger partial charge is 0.355 e. The number of para-hydroxylation sites is 1. The molecule has 1 N–H and O–H groups in total. The zero-order valence-electron chi connectivity index (χ0n) is 15.2. The summed E-state index contributed by atoms with van der Waals surface area (Å²) in [7, 11) is 0. The van der Waals surface area contributed by atoms with Crippen LogP contribution in [0.2, 0.25) is 0 Å². The number of benzene rings is 2. The smallest absolute Gasteiger partial charge is 0.0726 e. The average molecular weight is 330 g/mol. The van der Waals surface area contributed by atoms with Crippen molar-refractivity contribution in [2.45, 2.75) is 51.9 Å². The number of aryl methyl sites for hydroxylation is 1. The summed E-state index contributed by atoms with van der Waals surface area (Å²) in [5, 5.41) is 4.89. The van der Waals surface area contributed by atoms with Crippen LogP contribution in [0.15, 0.2) is 48.5 Å². The van der Waals surface area contributed by atoms with Crippen molar-refractivity contribution in [1.82, 2.24) is 4.98 Å². The Balaban J connectivity index is 1.82. The number of aromatic nitrogens is 1. The lowest BCUT2D eigenvalue weighted by molar-refractivity contribution is 0.436. The van der Waals surface area contributed by atoms with Crippen molar-refractivity contribution in [1.29, 1.82) is 0 Å². The van der Waals surface area contributed by atoms with Gasteiger partial charge in [0.25, 0.3) is 0 Å². The zero-order valence-corrected chi connectivity index (χ0v) is 15.2. The van der Waals surface area contributed by atoms with E-state index in [1.165, 1.54) is 60.0 Å². The molecule has 4 rings (SSSR count). The Kier molecular flexibility index (Phi) is 4.44. The third kappa shape index (κ3) is 3.26. The number of nitrogens with one attached hydrogen (secondary N) is 1. The fourth-order valence-electron chi connectivity index (χ4n) is 4.04. The van der Waals surface area contributed by atoms with Gasteiger partial charge in [-0.2, -0.15) is 0 Å². The topological polar surface area (TPSA) is 24.9 Å². The first-order valence-electron chi connectivity index (χ1n) is 9.45. The van der Waals surface area contributed by atoms with Crippen molar-refractivity contribution in [3.8, 4) is 0 Å². The van der Waals surface area contributed by atoms with Crippen molar-refractivity contribution >= 4 is 22.3 Å². The lowest BCUT2D eigenvalue weighted by atomic mass is 9.84. The van der Waals surface area contributed by atoms with Gasteiger partial charge in [-0.3, -0.25) is 4.98 Å². The summed E-state index contributed by atoms with van der Waals surface area (Å²) in [6, 6.07) is 17.1. The van der Waals surface area contributed by atoms with E-state index in [1.54, 1.807) is 0 Å². The molecule has 1 fully saturated rings. The number of hydrogen-bond acceptors (Lipinski definition) is 2. The number of anilines is 2. The second-order valence-corrected chi connectivity index (χ2v) is 7.34. The molecule has 0 aliphatic heterocycles. The summed E-state index contributed by atoms with van der Waals surface area (Å²) in [5.74, 6) is 0.608. The highest BCUT2D eigenvalue weighted by Crippen LogP contribution is 2.38. The Morgan fingerprint density at radius 3 is 2.36 bits per heavy atom. The van der Waals surface area contributed by atoms with Crippen molar-refractivity contribution in [3.63, 3.8) is 0 Å². The van der Waals surface area contributed by atoms with Gasteiger partial charge >= 0.3 is 0 Å². The molecular formula is C23H26N2. The number of rotatable bonds is 3. The van der Waals surface area contributed by atoms with E-state index in [0.717, 1.165) is 11.2 Å². The highest BCUT2D eigenvalue weighted by atomic mass is 14.9. The molecule has 0 bridgehead atoms. The minimum atomic E-state index is 0.608. The number of fused-ring (bicyclic) bond motifs is 1. The maximum atomic E-state index is 5.07. The molecule has 2 heteroatoms. The maximum absolute atomic E-state index is 5.07. The lowest BCUT2D eigenvalue weighted by Crippen LogP contribution is -2.10. The molecule has 1 aliphatic carbocycles. The predicted molar refractivity (Wildman–Crippen MR) is 107 cm³/mol. The first-order chi connectivity index (χ1) is 12.2. The van der Waals surface area contributed by atoms with Gasteiger partial charge in [-0.25, -0.2) is 0 Å². The van der Waals surface area contributed by atoms with E-state index in [1.807, 2.05) is 0 Å². The van der Waals surface area contributed by atoms with Crippen LogP contribution in [0.3, 0.4) is 0 Å². The quantitative estimate of drug-likeness (QED) is 0.582. The standard InChI is InChI=1S/C23H26N2/c1-16-12-14-19(15-13-16)24-23-17(2)22(18-8-4-3-5-9-18)25-21-11-7-6-10-20(21)23/h6-7,10-15,18H,3-5,8-9H2,1-2H3,(H,24,25). The van der Waals surface area contributed by atoms with Crippen molar-refractivity contribution in [2.75, 3.05) is 5.32 Å². The normalized spacial score (nSPS) is 15.4. The molecule has 1 aromatic heterocycles. The minimum absolute atomic E-state index is 0.608. The van der Waals surface area contributed by atoms with Crippen molar-refractivity contribution < 1.29 is 0 Å². The number of hydrogen-bond donors (Lipinski definition) is 1. The van der Waals surface area contributed by atoms with Crippen LogP contribution >= 0.6 is 0 Å². The van der Waals surface area contributed by atoms with Gasteiger partial charge in [0.15, 0.2) is 0 Å². The third-order valence-electron chi connectivity index (χ3n) is 5.49. The van der Waals surface area contributed by atoms with Gasteiger partial charge in [-0.1, -0.05) is 55.2 Å². The van der Waals surface area contributed by atoms with Crippen LogP contribution in [-0.4, -0.2) is 4.98 Å². The Bertz CT molecular complexity index is 874. The molecule has 1 aliphatic rings. The van der Waals surface area contributed by atoms with E-state index in [0.29, 0.717) is 5.92 Å². The summed E-state index contributed by atoms with van der Waals surface area (Å²) in [6.45, 7) is 4.36. The minimum Gasteiger partial charge on any atom is -0.355 e. The Morgan fingerprint density at radius 1 is 0.880 bits per heavy atom. The van der Waals surface area contributed by atoms with Crippen LogP contribution < -0.4 is 5.32 Å². The molecule has 0 atom stereocenters. The van der Waals surface area contributed by atoms with Crippen LogP contribution in [0, 0.1) is 13.8 Å². The number of nitrogens with zero attached hydrogens (tertiary/aromatic N) is 1. The molecule has 25 heavy (non-hydrogen) atoms. The second kappa shape index (κ2) is 6.87. The van der Waals surface area contributed by atoms with Crippen molar-refractivity contribution in [3.05, 3.63) is 65.4 Å². The lowest BCUT2D eigenvalue weighted by Gasteiger charge is -2.25.